The number of amides is 2. The van der Waals surface area contributed by atoms with Gasteiger partial charge in [-0.2, -0.15) is 0 Å². The Morgan fingerprint density at radius 3 is 2.15 bits per heavy atom. The van der Waals surface area contributed by atoms with Gasteiger partial charge in [0.15, 0.2) is 0 Å². The minimum absolute atomic E-state index is 0.393. The van der Waals surface area contributed by atoms with Gasteiger partial charge in [0.2, 0.25) is 0 Å². The zero-order valence-electron chi connectivity index (χ0n) is 12.6. The van der Waals surface area contributed by atoms with Gasteiger partial charge in [0.05, 0.1) is 13.2 Å². The molecule has 0 bridgehead atoms. The third-order valence-corrected chi connectivity index (χ3v) is 2.86. The van der Waals surface area contributed by atoms with Gasteiger partial charge in [-0.1, -0.05) is 19.8 Å². The lowest BCUT2D eigenvalue weighted by molar-refractivity contribution is -0.139. The molecule has 0 spiro atoms. The summed E-state index contributed by atoms with van der Waals surface area (Å²) in [6.45, 7) is 3.55. The van der Waals surface area contributed by atoms with Crippen LogP contribution in [0.1, 0.15) is 26.2 Å². The minimum atomic E-state index is -1.01. The van der Waals surface area contributed by atoms with Crippen molar-refractivity contribution in [1.29, 1.82) is 0 Å². The van der Waals surface area contributed by atoms with E-state index in [4.69, 9.17) is 14.6 Å². The maximum absolute atomic E-state index is 12.1. The van der Waals surface area contributed by atoms with Gasteiger partial charge >= 0.3 is 12.0 Å². The summed E-state index contributed by atoms with van der Waals surface area (Å²) < 4.78 is 9.88. The Balaban J connectivity index is 4.47. The van der Waals surface area contributed by atoms with Crippen molar-refractivity contribution in [2.45, 2.75) is 32.2 Å². The number of ether oxygens (including phenoxy) is 2. The number of unbranched alkanes of at least 4 members (excludes halogenated alkanes) is 1. The van der Waals surface area contributed by atoms with Gasteiger partial charge in [0.25, 0.3) is 0 Å². The molecule has 7 heteroatoms. The highest BCUT2D eigenvalue weighted by Gasteiger charge is 2.22. The van der Waals surface area contributed by atoms with Crippen molar-refractivity contribution in [3.05, 3.63) is 0 Å². The molecule has 0 fully saturated rings. The lowest BCUT2D eigenvalue weighted by atomic mass is 10.1. The summed E-state index contributed by atoms with van der Waals surface area (Å²) in [6, 6.07) is -1.25. The van der Waals surface area contributed by atoms with Crippen LogP contribution < -0.4 is 5.32 Å². The first kappa shape index (κ1) is 18.7. The second-order valence-corrected chi connectivity index (χ2v) is 4.46. The fourth-order valence-electron chi connectivity index (χ4n) is 1.62. The third kappa shape index (κ3) is 7.96. The highest BCUT2D eigenvalue weighted by molar-refractivity contribution is 5.82. The number of aliphatic carboxylic acids is 1. The molecule has 118 valence electrons. The molecule has 1 atom stereocenters. The van der Waals surface area contributed by atoms with E-state index >= 15 is 0 Å². The highest BCUT2D eigenvalue weighted by atomic mass is 16.5. The number of carbonyl (C=O) groups excluding carboxylic acids is 1. The van der Waals surface area contributed by atoms with E-state index in [1.165, 1.54) is 4.90 Å². The first-order valence-electron chi connectivity index (χ1n) is 6.82. The maximum atomic E-state index is 12.1. The number of urea groups is 1. The van der Waals surface area contributed by atoms with Gasteiger partial charge in [-0.3, -0.25) is 0 Å². The lowest BCUT2D eigenvalue weighted by Crippen LogP contribution is -2.49. The molecule has 0 unspecified atom stereocenters. The number of rotatable bonds is 11. The van der Waals surface area contributed by atoms with Crippen LogP contribution >= 0.6 is 0 Å². The summed E-state index contributed by atoms with van der Waals surface area (Å²) in [6.07, 6.45) is 2.07. The molecule has 0 aromatic rings. The van der Waals surface area contributed by atoms with E-state index in [-0.39, 0.29) is 0 Å². The average molecular weight is 290 g/mol. The predicted molar refractivity (Wildman–Crippen MR) is 74.8 cm³/mol. The number of methoxy groups -OCH3 is 2. The fraction of sp³-hybridized carbons (Fsp3) is 0.846. The van der Waals surface area contributed by atoms with E-state index in [0.717, 1.165) is 12.8 Å². The van der Waals surface area contributed by atoms with Gasteiger partial charge in [-0.25, -0.2) is 9.59 Å². The molecule has 0 saturated heterocycles. The number of hydrogen-bond donors (Lipinski definition) is 2. The molecule has 0 radical (unpaired) electrons. The second-order valence-electron chi connectivity index (χ2n) is 4.46. The topological polar surface area (TPSA) is 88.1 Å². The molecular formula is C13H26N2O5. The largest absolute Gasteiger partial charge is 0.480 e. The summed E-state index contributed by atoms with van der Waals surface area (Å²) in [4.78, 5) is 24.7. The van der Waals surface area contributed by atoms with E-state index in [2.05, 4.69) is 5.32 Å². The summed E-state index contributed by atoms with van der Waals surface area (Å²) in [5.41, 5.74) is 0. The molecule has 0 heterocycles. The van der Waals surface area contributed by atoms with Crippen LogP contribution in [0.15, 0.2) is 0 Å². The Labute approximate surface area is 120 Å². The molecule has 0 aromatic carbocycles. The fourth-order valence-corrected chi connectivity index (χ4v) is 1.62. The van der Waals surface area contributed by atoms with Crippen molar-refractivity contribution in [3.8, 4) is 0 Å². The summed E-state index contributed by atoms with van der Waals surface area (Å²) in [5.74, 6) is -1.01. The van der Waals surface area contributed by atoms with Gasteiger partial charge in [-0.05, 0) is 6.42 Å². The van der Waals surface area contributed by atoms with Crippen LogP contribution in [0.4, 0.5) is 4.79 Å². The average Bonchev–Trinajstić information content (AvgIpc) is 2.43. The molecule has 0 aliphatic rings. The molecule has 20 heavy (non-hydrogen) atoms. The van der Waals surface area contributed by atoms with Gasteiger partial charge in [0.1, 0.15) is 6.04 Å². The first-order valence-corrected chi connectivity index (χ1v) is 6.82. The summed E-state index contributed by atoms with van der Waals surface area (Å²) in [7, 11) is 3.10. The van der Waals surface area contributed by atoms with Crippen molar-refractivity contribution < 1.29 is 24.2 Å². The highest BCUT2D eigenvalue weighted by Crippen LogP contribution is 2.02. The predicted octanol–water partition coefficient (Wildman–Crippen LogP) is 0.934. The number of nitrogens with zero attached hydrogens (tertiary/aromatic N) is 1. The Morgan fingerprint density at radius 1 is 1.20 bits per heavy atom. The van der Waals surface area contributed by atoms with Crippen LogP contribution in [0.3, 0.4) is 0 Å². The van der Waals surface area contributed by atoms with Crippen molar-refractivity contribution in [2.24, 2.45) is 0 Å². The molecule has 2 amide bonds. The van der Waals surface area contributed by atoms with Crippen molar-refractivity contribution in [1.82, 2.24) is 10.2 Å². The maximum Gasteiger partial charge on any atom is 0.326 e. The first-order chi connectivity index (χ1) is 9.56. The van der Waals surface area contributed by atoms with Crippen LogP contribution in [-0.4, -0.2) is 68.6 Å². The number of carboxylic acids is 1. The quantitative estimate of drug-likeness (QED) is 0.591. The monoisotopic (exact) mass is 290 g/mol. The summed E-state index contributed by atoms with van der Waals surface area (Å²) >= 11 is 0. The van der Waals surface area contributed by atoms with E-state index < -0.39 is 18.0 Å². The Bertz CT molecular complexity index is 278. The zero-order chi connectivity index (χ0) is 15.4. The number of nitrogens with one attached hydrogen (secondary N) is 1. The molecule has 0 aliphatic heterocycles. The molecular weight excluding hydrogens is 264 g/mol. The Kier molecular flexibility index (Phi) is 10.7. The SMILES string of the molecule is CCCC[C@H](NC(=O)N(CCOC)CCOC)C(=O)O. The van der Waals surface area contributed by atoms with E-state index in [1.54, 1.807) is 14.2 Å². The van der Waals surface area contributed by atoms with Crippen molar-refractivity contribution in [2.75, 3.05) is 40.5 Å². The van der Waals surface area contributed by atoms with Crippen LogP contribution in [-0.2, 0) is 14.3 Å². The molecule has 0 saturated carbocycles. The van der Waals surface area contributed by atoms with Crippen LogP contribution in [0.2, 0.25) is 0 Å². The third-order valence-electron chi connectivity index (χ3n) is 2.86. The molecule has 0 aliphatic carbocycles. The molecule has 0 aromatic heterocycles. The summed E-state index contributed by atoms with van der Waals surface area (Å²) in [5, 5.41) is 11.6. The minimum Gasteiger partial charge on any atom is -0.480 e. The lowest BCUT2D eigenvalue weighted by Gasteiger charge is -2.24. The Morgan fingerprint density at radius 2 is 1.75 bits per heavy atom. The van der Waals surface area contributed by atoms with Crippen molar-refractivity contribution in [3.63, 3.8) is 0 Å². The van der Waals surface area contributed by atoms with Crippen LogP contribution in [0, 0.1) is 0 Å². The second kappa shape index (κ2) is 11.5. The van der Waals surface area contributed by atoms with E-state index in [1.807, 2.05) is 6.92 Å². The van der Waals surface area contributed by atoms with E-state index in [9.17, 15) is 9.59 Å². The van der Waals surface area contributed by atoms with Crippen molar-refractivity contribution >= 4 is 12.0 Å². The standard InChI is InChI=1S/C13H26N2O5/c1-4-5-6-11(12(16)17)14-13(18)15(7-9-19-2)8-10-20-3/h11H,4-10H2,1-3H3,(H,14,18)(H,16,17)/t11-/m0/s1. The zero-order valence-corrected chi connectivity index (χ0v) is 12.6. The van der Waals surface area contributed by atoms with Crippen LogP contribution in [0.25, 0.3) is 0 Å². The van der Waals surface area contributed by atoms with Gasteiger partial charge in [-0.15, -0.1) is 0 Å². The van der Waals surface area contributed by atoms with E-state index in [0.29, 0.717) is 32.7 Å². The Hall–Kier alpha value is -1.34. The number of carbonyl (C=O) groups is 2. The van der Waals surface area contributed by atoms with Crippen LogP contribution in [0.5, 0.6) is 0 Å². The normalized spacial score (nSPS) is 11.9. The van der Waals surface area contributed by atoms with Gasteiger partial charge < -0.3 is 24.8 Å². The van der Waals surface area contributed by atoms with Gasteiger partial charge in [0, 0.05) is 27.3 Å². The number of hydrogen-bond acceptors (Lipinski definition) is 4. The molecule has 2 N–H and O–H groups in total. The molecule has 0 rings (SSSR count). The number of carboxylic acid groups (broad SMARTS) is 1. The smallest absolute Gasteiger partial charge is 0.326 e. The molecule has 7 nitrogen and oxygen atoms in total.